The summed E-state index contributed by atoms with van der Waals surface area (Å²) in [6, 6.07) is 9.69. The highest BCUT2D eigenvalue weighted by Crippen LogP contribution is 2.42. The molecule has 0 radical (unpaired) electrons. The van der Waals surface area contributed by atoms with Crippen molar-refractivity contribution >= 4 is 16.2 Å². The molecule has 1 aromatic rings. The van der Waals surface area contributed by atoms with E-state index in [-0.39, 0.29) is 30.7 Å². The summed E-state index contributed by atoms with van der Waals surface area (Å²) in [6.07, 6.45) is -0.772. The topological polar surface area (TPSA) is 47.9 Å². The average molecular weight is 365 g/mol. The van der Waals surface area contributed by atoms with Crippen LogP contribution in [-0.4, -0.2) is 51.7 Å². The number of aliphatic hydroxyl groups excluding tert-OH is 1. The van der Waals surface area contributed by atoms with E-state index >= 15 is 0 Å². The van der Waals surface area contributed by atoms with E-state index in [2.05, 4.69) is 33.9 Å². The predicted octanol–water partition coefficient (Wildman–Crippen LogP) is 2.70. The van der Waals surface area contributed by atoms with E-state index in [1.807, 2.05) is 38.2 Å². The van der Waals surface area contributed by atoms with Crippen LogP contribution >= 0.6 is 0 Å². The van der Waals surface area contributed by atoms with Gasteiger partial charge in [-0.15, -0.1) is 0 Å². The fourth-order valence-electron chi connectivity index (χ4n) is 2.86. The average Bonchev–Trinajstić information content (AvgIpc) is 2.84. The summed E-state index contributed by atoms with van der Waals surface area (Å²) in [5.74, 6) is 0. The number of rotatable bonds is 6. The van der Waals surface area contributed by atoms with Crippen molar-refractivity contribution in [2.24, 2.45) is 0 Å². The lowest BCUT2D eigenvalue weighted by Crippen LogP contribution is -2.52. The predicted molar refractivity (Wildman–Crippen MR) is 106 cm³/mol. The summed E-state index contributed by atoms with van der Waals surface area (Å²) in [7, 11) is -0.105. The fraction of sp³-hybridized carbons (Fsp3) is 0.684. The zero-order chi connectivity index (χ0) is 19.6. The molecule has 4 atom stereocenters. The molecule has 6 heteroatoms. The molecule has 2 rings (SSSR count). The second-order valence-electron chi connectivity index (χ2n) is 8.61. The normalized spacial score (nSPS) is 31.1. The van der Waals surface area contributed by atoms with Crippen LogP contribution in [0.25, 0.3) is 0 Å². The zero-order valence-corrected chi connectivity index (χ0v) is 17.4. The molecule has 1 aliphatic heterocycles. The third kappa shape index (κ3) is 4.55. The van der Waals surface area contributed by atoms with Crippen LogP contribution in [0, 0.1) is 0 Å². The molecule has 1 saturated heterocycles. The van der Waals surface area contributed by atoms with Gasteiger partial charge in [-0.25, -0.2) is 0 Å². The van der Waals surface area contributed by atoms with Gasteiger partial charge in [0.2, 0.25) is 0 Å². The number of ether oxygens (including phenoxy) is 2. The highest BCUT2D eigenvalue weighted by Gasteiger charge is 2.54. The Bertz CT molecular complexity index is 575. The van der Waals surface area contributed by atoms with Gasteiger partial charge in [-0.05, 0) is 30.6 Å². The molecule has 140 valence electrons. The van der Waals surface area contributed by atoms with Gasteiger partial charge in [0.05, 0.1) is 25.3 Å². The number of aliphatic hydroxyl groups is 1. The molecule has 0 amide bonds. The minimum Gasteiger partial charge on any atom is -0.409 e. The molecule has 1 aromatic carbocycles. The standard InChI is InChI=1S/C19H33BO4Si/c1-18(2,3)25(5,6)24-15-16(19(4,13-21)23-17(15)20)22-12-14-10-8-7-9-11-14/h7-11,15-17,21H,12-13,20H2,1-6H3/t15-,16?,17+,19+/m0/s1/i4D. The van der Waals surface area contributed by atoms with Crippen LogP contribution in [0.5, 0.6) is 0 Å². The molecule has 1 fully saturated rings. The highest BCUT2D eigenvalue weighted by molar-refractivity contribution is 6.74. The fourth-order valence-corrected chi connectivity index (χ4v) is 4.21. The Morgan fingerprint density at radius 1 is 1.32 bits per heavy atom. The summed E-state index contributed by atoms with van der Waals surface area (Å²) in [4.78, 5) is 0. The van der Waals surface area contributed by atoms with E-state index in [0.29, 0.717) is 6.61 Å². The van der Waals surface area contributed by atoms with Gasteiger partial charge in [-0.3, -0.25) is 0 Å². The van der Waals surface area contributed by atoms with E-state index in [1.54, 1.807) is 0 Å². The molecule has 0 spiro atoms. The van der Waals surface area contributed by atoms with Gasteiger partial charge >= 0.3 is 0 Å². The van der Waals surface area contributed by atoms with Crippen LogP contribution in [0.4, 0.5) is 0 Å². The van der Waals surface area contributed by atoms with Gasteiger partial charge in [0, 0.05) is 1.37 Å². The molecular weight excluding hydrogens is 331 g/mol. The maximum Gasteiger partial charge on any atom is 0.192 e. The SMILES string of the molecule is [2H]C[C@]1(CO)O[C@@H](B)[C@@H](O[Si](C)(C)C(C)(C)C)C1OCc1ccccc1. The van der Waals surface area contributed by atoms with E-state index in [4.69, 9.17) is 15.3 Å². The minimum absolute atomic E-state index is 0.0577. The van der Waals surface area contributed by atoms with Gasteiger partial charge in [-0.1, -0.05) is 51.1 Å². The molecule has 1 aliphatic rings. The van der Waals surface area contributed by atoms with Crippen LogP contribution in [0.15, 0.2) is 30.3 Å². The lowest BCUT2D eigenvalue weighted by atomic mass is 9.90. The van der Waals surface area contributed by atoms with Crippen LogP contribution in [-0.2, 0) is 20.5 Å². The summed E-state index contributed by atoms with van der Waals surface area (Å²) < 4.78 is 26.9. The van der Waals surface area contributed by atoms with Crippen molar-refractivity contribution in [1.29, 1.82) is 0 Å². The quantitative estimate of drug-likeness (QED) is 0.788. The van der Waals surface area contributed by atoms with E-state index < -0.39 is 20.0 Å². The van der Waals surface area contributed by atoms with E-state index in [1.165, 1.54) is 0 Å². The van der Waals surface area contributed by atoms with Crippen LogP contribution in [0.2, 0.25) is 18.1 Å². The molecule has 4 nitrogen and oxygen atoms in total. The molecule has 1 unspecified atom stereocenters. The van der Waals surface area contributed by atoms with E-state index in [0.717, 1.165) is 5.56 Å². The number of hydrogen-bond acceptors (Lipinski definition) is 4. The summed E-state index contributed by atoms with van der Waals surface area (Å²) in [6.45, 7) is 11.1. The van der Waals surface area contributed by atoms with Gasteiger partial charge in [0.15, 0.2) is 8.32 Å². The maximum atomic E-state index is 10.0. The Hall–Kier alpha value is -0.658. The van der Waals surface area contributed by atoms with Crippen molar-refractivity contribution in [1.82, 2.24) is 0 Å². The zero-order valence-electron chi connectivity index (χ0n) is 17.4. The first-order valence-corrected chi connectivity index (χ1v) is 11.9. The van der Waals surface area contributed by atoms with Crippen LogP contribution < -0.4 is 0 Å². The Morgan fingerprint density at radius 3 is 2.48 bits per heavy atom. The van der Waals surface area contributed by atoms with Gasteiger partial charge in [0.1, 0.15) is 19.6 Å². The Labute approximate surface area is 155 Å². The largest absolute Gasteiger partial charge is 0.409 e. The second-order valence-corrected chi connectivity index (χ2v) is 13.4. The minimum atomic E-state index is -2.05. The van der Waals surface area contributed by atoms with Crippen molar-refractivity contribution in [2.45, 2.75) is 76.2 Å². The molecule has 0 bridgehead atoms. The Morgan fingerprint density at radius 2 is 1.96 bits per heavy atom. The third-order valence-corrected chi connectivity index (χ3v) is 9.95. The lowest BCUT2D eigenvalue weighted by Gasteiger charge is -2.41. The lowest BCUT2D eigenvalue weighted by molar-refractivity contribution is -0.117. The molecule has 0 saturated carbocycles. The van der Waals surface area contributed by atoms with Gasteiger partial charge in [0.25, 0.3) is 0 Å². The number of hydrogen-bond donors (Lipinski definition) is 1. The first kappa shape index (κ1) is 19.1. The summed E-state index contributed by atoms with van der Waals surface area (Å²) >= 11 is 0. The first-order chi connectivity index (χ1) is 12.1. The Kier molecular flexibility index (Phi) is 5.76. The molecule has 0 aliphatic carbocycles. The van der Waals surface area contributed by atoms with E-state index in [9.17, 15) is 5.11 Å². The smallest absolute Gasteiger partial charge is 0.192 e. The Balaban J connectivity index is 2.25. The molecule has 0 aromatic heterocycles. The highest BCUT2D eigenvalue weighted by atomic mass is 28.4. The van der Waals surface area contributed by atoms with Gasteiger partial charge < -0.3 is 19.0 Å². The monoisotopic (exact) mass is 365 g/mol. The molecule has 1 heterocycles. The molecular formula is C19H33BO4Si. The molecule has 25 heavy (non-hydrogen) atoms. The summed E-state index contributed by atoms with van der Waals surface area (Å²) in [5.41, 5.74) is 0.0104. The van der Waals surface area contributed by atoms with Gasteiger partial charge in [-0.2, -0.15) is 0 Å². The van der Waals surface area contributed by atoms with Crippen LogP contribution in [0.3, 0.4) is 0 Å². The van der Waals surface area contributed by atoms with Crippen molar-refractivity contribution in [3.05, 3.63) is 35.9 Å². The van der Waals surface area contributed by atoms with Crippen molar-refractivity contribution < 1.29 is 20.4 Å². The third-order valence-electron chi connectivity index (χ3n) is 5.48. The summed E-state index contributed by atoms with van der Waals surface area (Å²) in [5, 5.41) is 10.1. The van der Waals surface area contributed by atoms with Crippen LogP contribution in [0.1, 0.15) is 34.6 Å². The van der Waals surface area contributed by atoms with Crippen molar-refractivity contribution in [2.75, 3.05) is 6.61 Å². The molecule has 1 N–H and O–H groups in total. The first-order valence-electron chi connectivity index (χ1n) is 9.68. The number of benzene rings is 1. The van der Waals surface area contributed by atoms with Crippen molar-refractivity contribution in [3.63, 3.8) is 0 Å². The van der Waals surface area contributed by atoms with Crippen molar-refractivity contribution in [3.8, 4) is 0 Å². The second kappa shape index (κ2) is 7.53. The maximum absolute atomic E-state index is 10.0.